The molecule has 39 heavy (non-hydrogen) atoms. The molecule has 5 aromatic rings. The Hall–Kier alpha value is -4.24. The number of hydrogen-bond acceptors (Lipinski definition) is 6. The summed E-state index contributed by atoms with van der Waals surface area (Å²) in [6.07, 6.45) is 0.642. The highest BCUT2D eigenvalue weighted by Gasteiger charge is 2.19. The van der Waals surface area contributed by atoms with E-state index in [2.05, 4.69) is 10.3 Å². The molecule has 0 spiro atoms. The SMILES string of the molecule is COc1ccc(CCNC(=O)CSc2nc3c([nH]c4ccccc43)c(=O)n2-c2cc(C)ccc2C)cc1OC. The molecule has 0 radical (unpaired) electrons. The number of methoxy groups -OCH3 is 2. The van der Waals surface area contributed by atoms with E-state index in [9.17, 15) is 9.59 Å². The lowest BCUT2D eigenvalue weighted by Gasteiger charge is -2.15. The number of carbonyl (C=O) groups excluding carboxylic acids is 1. The van der Waals surface area contributed by atoms with E-state index in [4.69, 9.17) is 14.5 Å². The zero-order valence-corrected chi connectivity index (χ0v) is 23.1. The maximum atomic E-state index is 13.8. The molecule has 0 unspecified atom stereocenters. The number of para-hydroxylation sites is 1. The number of carbonyl (C=O) groups is 1. The summed E-state index contributed by atoms with van der Waals surface area (Å²) in [7, 11) is 3.19. The Morgan fingerprint density at radius 2 is 1.82 bits per heavy atom. The van der Waals surface area contributed by atoms with Crippen molar-refractivity contribution in [2.24, 2.45) is 0 Å². The lowest BCUT2D eigenvalue weighted by Crippen LogP contribution is -2.28. The van der Waals surface area contributed by atoms with E-state index in [0.29, 0.717) is 40.7 Å². The third-order valence-corrected chi connectivity index (χ3v) is 7.55. The van der Waals surface area contributed by atoms with Gasteiger partial charge in [0.25, 0.3) is 5.56 Å². The number of aryl methyl sites for hydroxylation is 2. The van der Waals surface area contributed by atoms with Crippen molar-refractivity contribution in [3.05, 3.63) is 87.7 Å². The number of benzene rings is 3. The van der Waals surface area contributed by atoms with E-state index in [1.165, 1.54) is 11.8 Å². The average molecular weight is 543 g/mol. The number of fused-ring (bicyclic) bond motifs is 3. The number of hydrogen-bond donors (Lipinski definition) is 2. The molecule has 0 aliphatic carbocycles. The molecule has 2 aromatic heterocycles. The van der Waals surface area contributed by atoms with Crippen molar-refractivity contribution in [1.29, 1.82) is 0 Å². The summed E-state index contributed by atoms with van der Waals surface area (Å²) in [5.41, 5.74) is 5.46. The Morgan fingerprint density at radius 1 is 1.03 bits per heavy atom. The van der Waals surface area contributed by atoms with Gasteiger partial charge in [0.15, 0.2) is 16.7 Å². The highest BCUT2D eigenvalue weighted by Crippen LogP contribution is 2.29. The summed E-state index contributed by atoms with van der Waals surface area (Å²) in [5, 5.41) is 4.32. The molecule has 0 atom stereocenters. The summed E-state index contributed by atoms with van der Waals surface area (Å²) >= 11 is 1.25. The van der Waals surface area contributed by atoms with Gasteiger partial charge in [-0.1, -0.05) is 48.2 Å². The van der Waals surface area contributed by atoms with Crippen LogP contribution < -0.4 is 20.3 Å². The van der Waals surface area contributed by atoms with Crippen molar-refractivity contribution in [1.82, 2.24) is 19.9 Å². The second-order valence-electron chi connectivity index (χ2n) is 9.30. The number of thioether (sulfide) groups is 1. The zero-order chi connectivity index (χ0) is 27.5. The van der Waals surface area contributed by atoms with Gasteiger partial charge < -0.3 is 19.8 Å². The smallest absolute Gasteiger partial charge is 0.283 e. The maximum absolute atomic E-state index is 13.8. The van der Waals surface area contributed by atoms with E-state index < -0.39 is 0 Å². The summed E-state index contributed by atoms with van der Waals surface area (Å²) in [4.78, 5) is 34.8. The van der Waals surface area contributed by atoms with Gasteiger partial charge in [0.1, 0.15) is 11.0 Å². The van der Waals surface area contributed by atoms with Gasteiger partial charge in [-0.3, -0.25) is 14.2 Å². The molecule has 0 saturated carbocycles. The monoisotopic (exact) mass is 542 g/mol. The molecule has 2 N–H and O–H groups in total. The number of nitrogens with zero attached hydrogens (tertiary/aromatic N) is 2. The van der Waals surface area contributed by atoms with E-state index in [0.717, 1.165) is 33.3 Å². The maximum Gasteiger partial charge on any atom is 0.283 e. The minimum Gasteiger partial charge on any atom is -0.493 e. The summed E-state index contributed by atoms with van der Waals surface area (Å²) in [5.74, 6) is 1.30. The largest absolute Gasteiger partial charge is 0.493 e. The third-order valence-electron chi connectivity index (χ3n) is 6.62. The van der Waals surface area contributed by atoms with Crippen molar-refractivity contribution in [2.45, 2.75) is 25.4 Å². The van der Waals surface area contributed by atoms with E-state index in [-0.39, 0.29) is 17.2 Å². The van der Waals surface area contributed by atoms with Crippen LogP contribution in [0.25, 0.3) is 27.6 Å². The van der Waals surface area contributed by atoms with Crippen LogP contribution in [0.3, 0.4) is 0 Å². The van der Waals surface area contributed by atoms with E-state index >= 15 is 0 Å². The second kappa shape index (κ2) is 11.2. The molecule has 0 fully saturated rings. The first-order valence-electron chi connectivity index (χ1n) is 12.6. The predicted octanol–water partition coefficient (Wildman–Crippen LogP) is 4.95. The highest BCUT2D eigenvalue weighted by atomic mass is 32.2. The number of amides is 1. The van der Waals surface area contributed by atoms with Gasteiger partial charge in [-0.25, -0.2) is 4.98 Å². The lowest BCUT2D eigenvalue weighted by molar-refractivity contribution is -0.118. The van der Waals surface area contributed by atoms with Crippen molar-refractivity contribution in [3.63, 3.8) is 0 Å². The molecule has 200 valence electrons. The number of ether oxygens (including phenoxy) is 2. The van der Waals surface area contributed by atoms with E-state index in [1.54, 1.807) is 18.8 Å². The standard InChI is InChI=1S/C30H30N4O4S/c1-18-9-10-19(2)23(15-18)34-29(36)28-27(21-7-5-6-8-22(21)32-28)33-30(34)39-17-26(35)31-14-13-20-11-12-24(37-3)25(16-20)38-4/h5-12,15-16,32H,13-14,17H2,1-4H3,(H,31,35). The lowest BCUT2D eigenvalue weighted by atomic mass is 10.1. The molecule has 2 heterocycles. The van der Waals surface area contributed by atoms with Crippen LogP contribution in [0.1, 0.15) is 16.7 Å². The van der Waals surface area contributed by atoms with Gasteiger partial charge in [-0.05, 0) is 61.2 Å². The highest BCUT2D eigenvalue weighted by molar-refractivity contribution is 7.99. The fourth-order valence-electron chi connectivity index (χ4n) is 4.58. The molecule has 0 aliphatic rings. The van der Waals surface area contributed by atoms with Crippen molar-refractivity contribution in [2.75, 3.05) is 26.5 Å². The van der Waals surface area contributed by atoms with Gasteiger partial charge in [-0.15, -0.1) is 0 Å². The number of rotatable bonds is 9. The Bertz CT molecular complexity index is 1740. The molecule has 3 aromatic carbocycles. The van der Waals surface area contributed by atoms with Crippen molar-refractivity contribution in [3.8, 4) is 17.2 Å². The molecule has 1 amide bonds. The quantitative estimate of drug-likeness (QED) is 0.202. The van der Waals surface area contributed by atoms with Crippen LogP contribution in [0.5, 0.6) is 11.5 Å². The Morgan fingerprint density at radius 3 is 2.62 bits per heavy atom. The summed E-state index contributed by atoms with van der Waals surface area (Å²) in [6, 6.07) is 19.4. The van der Waals surface area contributed by atoms with Gasteiger partial charge in [0.2, 0.25) is 5.91 Å². The minimum atomic E-state index is -0.193. The third kappa shape index (κ3) is 5.35. The topological polar surface area (TPSA) is 98.2 Å². The molecule has 9 heteroatoms. The van der Waals surface area contributed by atoms with Gasteiger partial charge in [-0.2, -0.15) is 0 Å². The average Bonchev–Trinajstić information content (AvgIpc) is 3.32. The van der Waals surface area contributed by atoms with Crippen LogP contribution in [0, 0.1) is 13.8 Å². The molecular weight excluding hydrogens is 512 g/mol. The number of H-pyrrole nitrogens is 1. The Labute approximate surface area is 230 Å². The van der Waals surface area contributed by atoms with Crippen LogP contribution in [-0.2, 0) is 11.2 Å². The van der Waals surface area contributed by atoms with E-state index in [1.807, 2.05) is 74.5 Å². The number of aromatic nitrogens is 3. The fraction of sp³-hybridized carbons (Fsp3) is 0.233. The molecule has 0 saturated heterocycles. The molecule has 5 rings (SSSR count). The Kier molecular flexibility index (Phi) is 7.60. The normalized spacial score (nSPS) is 11.2. The van der Waals surface area contributed by atoms with Crippen molar-refractivity contribution < 1.29 is 14.3 Å². The molecular formula is C30H30N4O4S. The van der Waals surface area contributed by atoms with Gasteiger partial charge in [0.05, 0.1) is 25.7 Å². The molecule has 0 aliphatic heterocycles. The van der Waals surface area contributed by atoms with Gasteiger partial charge in [0, 0.05) is 17.4 Å². The van der Waals surface area contributed by atoms with Crippen LogP contribution >= 0.6 is 11.8 Å². The first kappa shape index (κ1) is 26.4. The molecule has 8 nitrogen and oxygen atoms in total. The predicted molar refractivity (Wildman–Crippen MR) is 156 cm³/mol. The van der Waals surface area contributed by atoms with Crippen LogP contribution in [0.15, 0.2) is 70.6 Å². The minimum absolute atomic E-state index is 0.122. The second-order valence-corrected chi connectivity index (χ2v) is 10.2. The van der Waals surface area contributed by atoms with Crippen LogP contribution in [-0.4, -0.2) is 47.0 Å². The summed E-state index contributed by atoms with van der Waals surface area (Å²) < 4.78 is 12.3. The van der Waals surface area contributed by atoms with Crippen LogP contribution in [0.2, 0.25) is 0 Å². The molecule has 0 bridgehead atoms. The summed E-state index contributed by atoms with van der Waals surface area (Å²) in [6.45, 7) is 4.42. The Balaban J connectivity index is 1.39. The van der Waals surface area contributed by atoms with Crippen molar-refractivity contribution >= 4 is 39.6 Å². The van der Waals surface area contributed by atoms with Gasteiger partial charge >= 0.3 is 0 Å². The number of nitrogens with one attached hydrogen (secondary N) is 2. The zero-order valence-electron chi connectivity index (χ0n) is 22.3. The number of aromatic amines is 1. The first-order chi connectivity index (χ1) is 18.9. The fourth-order valence-corrected chi connectivity index (χ4v) is 5.40. The van der Waals surface area contributed by atoms with Crippen LogP contribution in [0.4, 0.5) is 0 Å². The first-order valence-corrected chi connectivity index (χ1v) is 13.6.